The molecule has 6 aromatic heterocycles. The van der Waals surface area contributed by atoms with Crippen LogP contribution in [0.1, 0.15) is 114 Å². The third-order valence-corrected chi connectivity index (χ3v) is 23.3. The maximum absolute atomic E-state index is 13.0. The number of amides is 6. The summed E-state index contributed by atoms with van der Waals surface area (Å²) in [6, 6.07) is 57.7. The highest BCUT2D eigenvalue weighted by atomic mass is 35.5. The van der Waals surface area contributed by atoms with E-state index in [2.05, 4.69) is 144 Å². The molecule has 592 valence electrons. The first kappa shape index (κ1) is 79.0. The number of aryl methyl sites for hydroxylation is 3. The fourth-order valence-corrected chi connectivity index (χ4v) is 16.9. The van der Waals surface area contributed by atoms with Crippen molar-refractivity contribution < 1.29 is 14.4 Å². The zero-order chi connectivity index (χ0) is 81.3. The smallest absolute Gasteiger partial charge is 0.321 e. The first-order valence-corrected chi connectivity index (χ1v) is 40.4. The Morgan fingerprint density at radius 3 is 0.941 bits per heavy atom. The summed E-state index contributed by atoms with van der Waals surface area (Å²) < 4.78 is 6.42. The van der Waals surface area contributed by atoms with Gasteiger partial charge in [0.05, 0.1) is 58.5 Å². The number of carbonyl (C=O) groups is 3. The van der Waals surface area contributed by atoms with Gasteiger partial charge in [-0.05, 0) is 221 Å². The number of urea groups is 3. The van der Waals surface area contributed by atoms with E-state index in [4.69, 9.17) is 60.3 Å². The van der Waals surface area contributed by atoms with Gasteiger partial charge >= 0.3 is 18.1 Å². The van der Waals surface area contributed by atoms with Gasteiger partial charge in [-0.2, -0.15) is 10.5 Å². The van der Waals surface area contributed by atoms with Gasteiger partial charge in [0.15, 0.2) is 0 Å². The van der Waals surface area contributed by atoms with Crippen molar-refractivity contribution in [2.45, 2.75) is 58.5 Å². The van der Waals surface area contributed by atoms with Crippen LogP contribution in [0.4, 0.5) is 31.4 Å². The Morgan fingerprint density at radius 1 is 0.364 bits per heavy atom. The third-order valence-electron chi connectivity index (χ3n) is 22.6. The highest BCUT2D eigenvalue weighted by Gasteiger charge is 2.38. The Hall–Kier alpha value is -12.8. The van der Waals surface area contributed by atoms with Crippen molar-refractivity contribution in [3.63, 3.8) is 0 Å². The number of fused-ring (bicyclic) bond motifs is 6. The summed E-state index contributed by atoms with van der Waals surface area (Å²) in [5, 5.41) is 29.0. The minimum Gasteiger partial charge on any atom is -0.331 e. The van der Waals surface area contributed by atoms with Gasteiger partial charge in [-0.25, -0.2) is 29.3 Å². The zero-order valence-electron chi connectivity index (χ0n) is 65.4. The summed E-state index contributed by atoms with van der Waals surface area (Å²) in [6.45, 7) is 15.9. The van der Waals surface area contributed by atoms with Gasteiger partial charge in [-0.1, -0.05) is 89.4 Å². The van der Waals surface area contributed by atoms with Crippen LogP contribution < -0.4 is 16.0 Å². The summed E-state index contributed by atoms with van der Waals surface area (Å²) in [5.41, 5.74) is 19.8. The largest absolute Gasteiger partial charge is 0.331 e. The van der Waals surface area contributed by atoms with E-state index in [1.807, 2.05) is 158 Å². The molecule has 6 aliphatic rings. The van der Waals surface area contributed by atoms with Gasteiger partial charge in [0.2, 0.25) is 0 Å². The fraction of sp³-hybridized carbons (Fsp3) is 0.228. The minimum atomic E-state index is -0.143. The average Bonchev–Trinajstić information content (AvgIpc) is 1.57. The number of allylic oxidation sites excluding steroid dienone is 3. The second kappa shape index (κ2) is 35.7. The first-order valence-electron chi connectivity index (χ1n) is 39.3. The number of benzene rings is 6. The van der Waals surface area contributed by atoms with E-state index in [0.717, 1.165) is 109 Å². The molecule has 9 heterocycles. The van der Waals surface area contributed by atoms with Crippen molar-refractivity contribution >= 4 is 105 Å². The number of nitrogens with one attached hydrogen (secondary N) is 3. The molecule has 0 radical (unpaired) electrons. The van der Waals surface area contributed by atoms with Gasteiger partial charge in [0, 0.05) is 186 Å². The molecule has 3 saturated heterocycles. The Balaban J connectivity index is 0.000000132. The number of imidazole rings is 3. The molecule has 3 aliphatic carbocycles. The molecule has 6 aromatic carbocycles. The molecule has 0 bridgehead atoms. The Morgan fingerprint density at radius 2 is 0.661 bits per heavy atom. The number of piperazine rings is 3. The number of rotatable bonds is 12. The van der Waals surface area contributed by atoms with E-state index in [9.17, 15) is 14.4 Å². The monoisotopic (exact) mass is 1620 g/mol. The number of hydrogen-bond donors (Lipinski definition) is 3. The molecule has 23 nitrogen and oxygen atoms in total. The van der Waals surface area contributed by atoms with E-state index in [-0.39, 0.29) is 36.2 Å². The summed E-state index contributed by atoms with van der Waals surface area (Å²) in [6.07, 6.45) is 23.7. The SMILES string of the molecule is Cc1nccn1CC1=Cc2cccnc2C(N2CCN(C(=O)Nc3ccc(C#N)cc3)CC2)c2ccc(Cl)cc21.Cc1nccn1CC1=Cc2cccnc2C(N2CCN(C(=O)Nc3ccccc3)CC2)c2ccc(Cl)cc21.Cc1nccn1CC1=Cc2cccnc2[C@@H](N2CCN(C(=O)Nc3ccc(C#N)cc3)CC2)c2ccc(Cl)cc21. The van der Waals surface area contributed by atoms with Crippen LogP contribution in [0.2, 0.25) is 15.1 Å². The van der Waals surface area contributed by atoms with Crippen molar-refractivity contribution in [3.8, 4) is 12.1 Å². The molecule has 26 heteroatoms. The molecule has 6 amide bonds. The lowest BCUT2D eigenvalue weighted by molar-refractivity contribution is 0.125. The summed E-state index contributed by atoms with van der Waals surface area (Å²) in [7, 11) is 0. The molecule has 0 saturated carbocycles. The van der Waals surface area contributed by atoms with Crippen LogP contribution >= 0.6 is 34.8 Å². The second-order valence-corrected chi connectivity index (χ2v) is 31.1. The third kappa shape index (κ3) is 17.6. The van der Waals surface area contributed by atoms with Gasteiger partial charge in [-0.15, -0.1) is 0 Å². The number of nitrogens with zero attached hydrogens (tertiary/aromatic N) is 17. The topological polar surface area (TPSA) is 246 Å². The van der Waals surface area contributed by atoms with Gasteiger partial charge in [0.1, 0.15) is 17.5 Å². The predicted molar refractivity (Wildman–Crippen MR) is 462 cm³/mol. The van der Waals surface area contributed by atoms with Crippen LogP contribution in [-0.2, 0) is 19.6 Å². The Kier molecular flexibility index (Phi) is 23.9. The Bertz CT molecular complexity index is 5640. The van der Waals surface area contributed by atoms with Crippen LogP contribution in [0.3, 0.4) is 0 Å². The molecule has 3 N–H and O–H groups in total. The van der Waals surface area contributed by atoms with Gasteiger partial charge in [-0.3, -0.25) is 29.7 Å². The van der Waals surface area contributed by atoms with Crippen LogP contribution in [0.15, 0.2) is 226 Å². The highest BCUT2D eigenvalue weighted by Crippen LogP contribution is 2.45. The number of hydrogen-bond acceptors (Lipinski definition) is 14. The number of para-hydroxylation sites is 1. The number of pyridine rings is 3. The van der Waals surface area contributed by atoms with Crippen molar-refractivity contribution in [2.75, 3.05) is 94.5 Å². The quantitative estimate of drug-likeness (QED) is 0.103. The average molecular weight is 1630 g/mol. The molecule has 3 aliphatic heterocycles. The maximum atomic E-state index is 13.0. The number of nitriles is 2. The summed E-state index contributed by atoms with van der Waals surface area (Å²) in [5.74, 6) is 2.87. The standard InChI is InChI=1S/2C31H28ClN7O.C30H29ClN6O/c2*1-21-34-11-12-39(21)20-24-17-23-3-2-10-35-29(23)30(27-9-6-25(32)18-28(24)27)37-13-15-38(16-14-37)31(40)36-26-7-4-22(19-33)5-8-26;1-21-32-12-13-37(21)20-23-18-22-6-5-11-33-28(22)29(26-10-9-24(31)19-27(23)26)35-14-16-36(17-15-35)30(38)34-25-7-3-2-4-8-25/h2*2-12,17-18,30H,13-16,20H2,1H3,(H,36,40);2-13,18-19,29H,14-17,20H2,1H3,(H,34,38)/t30-;;/m0../s1. The van der Waals surface area contributed by atoms with Crippen molar-refractivity contribution in [3.05, 3.63) is 336 Å². The molecule has 12 aromatic rings. The molecule has 18 rings (SSSR count). The molecule has 0 spiro atoms. The normalized spacial score (nSPS) is 16.9. The van der Waals surface area contributed by atoms with Crippen molar-refractivity contribution in [1.29, 1.82) is 10.5 Å². The number of halogens is 3. The Labute approximate surface area is 700 Å². The number of anilines is 3. The van der Waals surface area contributed by atoms with Crippen molar-refractivity contribution in [1.82, 2.24) is 73.0 Å². The van der Waals surface area contributed by atoms with Gasteiger partial charge < -0.3 is 44.4 Å². The predicted octanol–water partition coefficient (Wildman–Crippen LogP) is 16.9. The minimum absolute atomic E-state index is 0.0459. The van der Waals surface area contributed by atoms with E-state index in [0.29, 0.717) is 123 Å². The number of carbonyl (C=O) groups excluding carboxylic acids is 3. The van der Waals surface area contributed by atoms with Crippen LogP contribution in [0.25, 0.3) is 34.9 Å². The molecule has 3 atom stereocenters. The van der Waals surface area contributed by atoms with Crippen molar-refractivity contribution in [2.24, 2.45) is 0 Å². The van der Waals surface area contributed by atoms with Gasteiger partial charge in [0.25, 0.3) is 0 Å². The molecular formula is C92H85Cl3N20O3. The number of aromatic nitrogens is 9. The lowest BCUT2D eigenvalue weighted by atomic mass is 9.93. The van der Waals surface area contributed by atoms with E-state index in [1.165, 1.54) is 11.1 Å². The lowest BCUT2D eigenvalue weighted by Gasteiger charge is -2.39. The van der Waals surface area contributed by atoms with E-state index in [1.54, 1.807) is 48.5 Å². The second-order valence-electron chi connectivity index (χ2n) is 29.8. The van der Waals surface area contributed by atoms with E-state index >= 15 is 0 Å². The molecule has 2 unspecified atom stereocenters. The van der Waals surface area contributed by atoms with Crippen LogP contribution in [0.5, 0.6) is 0 Å². The lowest BCUT2D eigenvalue weighted by Crippen LogP contribution is -2.51. The fourth-order valence-electron chi connectivity index (χ4n) is 16.4. The van der Waals surface area contributed by atoms with Crippen LogP contribution in [-0.4, -0.2) is 170 Å². The summed E-state index contributed by atoms with van der Waals surface area (Å²) in [4.78, 5) is 79.6. The zero-order valence-corrected chi connectivity index (χ0v) is 67.7. The molecule has 118 heavy (non-hydrogen) atoms. The highest BCUT2D eigenvalue weighted by molar-refractivity contribution is 6.31. The summed E-state index contributed by atoms with van der Waals surface area (Å²) >= 11 is 19.6. The maximum Gasteiger partial charge on any atom is 0.321 e. The molecular weight excluding hydrogens is 1540 g/mol. The van der Waals surface area contributed by atoms with Crippen LogP contribution in [0, 0.1) is 43.4 Å². The molecule has 3 fully saturated rings. The van der Waals surface area contributed by atoms with E-state index < -0.39 is 0 Å². The first-order chi connectivity index (χ1) is 57.6.